The first-order valence-corrected chi connectivity index (χ1v) is 5.67. The highest BCUT2D eigenvalue weighted by atomic mass is 35.5. The van der Waals surface area contributed by atoms with Crippen LogP contribution in [0.2, 0.25) is 5.02 Å². The van der Waals surface area contributed by atoms with E-state index < -0.39 is 0 Å². The minimum absolute atomic E-state index is 0.576. The predicted molar refractivity (Wildman–Crippen MR) is 63.8 cm³/mol. The number of ether oxygens (including phenoxy) is 1. The van der Waals surface area contributed by atoms with Crippen molar-refractivity contribution < 1.29 is 4.74 Å². The summed E-state index contributed by atoms with van der Waals surface area (Å²) in [5.41, 5.74) is 1.00. The number of anilines is 1. The second-order valence-corrected chi connectivity index (χ2v) is 4.70. The van der Waals surface area contributed by atoms with Crippen LogP contribution in [-0.4, -0.2) is 13.2 Å². The predicted octanol–water partition coefficient (Wildman–Crippen LogP) is 3.56. The van der Waals surface area contributed by atoms with Gasteiger partial charge in [-0.3, -0.25) is 0 Å². The Labute approximate surface area is 95.6 Å². The molecule has 3 heteroatoms. The van der Waals surface area contributed by atoms with E-state index in [1.807, 2.05) is 18.2 Å². The van der Waals surface area contributed by atoms with Gasteiger partial charge in [-0.15, -0.1) is 0 Å². The Kier molecular flexibility index (Phi) is 3.06. The van der Waals surface area contributed by atoms with Crippen LogP contribution in [0.15, 0.2) is 18.2 Å². The molecule has 1 fully saturated rings. The Morgan fingerprint density at radius 1 is 1.40 bits per heavy atom. The average molecular weight is 226 g/mol. The van der Waals surface area contributed by atoms with Crippen molar-refractivity contribution in [3.8, 4) is 5.75 Å². The van der Waals surface area contributed by atoms with E-state index in [1.54, 1.807) is 7.11 Å². The summed E-state index contributed by atoms with van der Waals surface area (Å²) in [5.74, 6) is 1.70. The summed E-state index contributed by atoms with van der Waals surface area (Å²) in [6.45, 7) is 2.27. The van der Waals surface area contributed by atoms with Crippen LogP contribution < -0.4 is 10.1 Å². The number of nitrogens with one attached hydrogen (secondary N) is 1. The molecule has 0 unspecified atom stereocenters. The van der Waals surface area contributed by atoms with E-state index in [-0.39, 0.29) is 0 Å². The highest BCUT2D eigenvalue weighted by Crippen LogP contribution is 2.34. The van der Waals surface area contributed by atoms with Gasteiger partial charge in [0.05, 0.1) is 12.8 Å². The summed E-state index contributed by atoms with van der Waals surface area (Å²) in [4.78, 5) is 0. The lowest BCUT2D eigenvalue weighted by atomic mass is 9.82. The first kappa shape index (κ1) is 10.6. The average Bonchev–Trinajstić information content (AvgIpc) is 2.16. The van der Waals surface area contributed by atoms with Gasteiger partial charge in [0.25, 0.3) is 0 Å². The van der Waals surface area contributed by atoms with Crippen LogP contribution in [-0.2, 0) is 0 Å². The lowest BCUT2D eigenvalue weighted by Gasteiger charge is -2.34. The van der Waals surface area contributed by atoms with Crippen LogP contribution in [0.1, 0.15) is 19.8 Å². The van der Waals surface area contributed by atoms with Crippen molar-refractivity contribution in [2.24, 2.45) is 5.92 Å². The lowest BCUT2D eigenvalue weighted by molar-refractivity contribution is 0.308. The molecule has 0 aromatic heterocycles. The van der Waals surface area contributed by atoms with Gasteiger partial charge < -0.3 is 10.1 Å². The highest BCUT2D eigenvalue weighted by Gasteiger charge is 2.25. The van der Waals surface area contributed by atoms with Crippen molar-refractivity contribution in [1.29, 1.82) is 0 Å². The van der Waals surface area contributed by atoms with Gasteiger partial charge in [0.1, 0.15) is 5.75 Å². The maximum absolute atomic E-state index is 5.95. The summed E-state index contributed by atoms with van der Waals surface area (Å²) in [6, 6.07) is 6.23. The molecular formula is C12H16ClNO. The number of hydrogen-bond acceptors (Lipinski definition) is 2. The molecule has 0 atom stereocenters. The van der Waals surface area contributed by atoms with E-state index in [0.29, 0.717) is 6.04 Å². The van der Waals surface area contributed by atoms with Crippen LogP contribution >= 0.6 is 11.6 Å². The van der Waals surface area contributed by atoms with Gasteiger partial charge in [-0.2, -0.15) is 0 Å². The van der Waals surface area contributed by atoms with E-state index in [2.05, 4.69) is 12.2 Å². The number of halogens is 1. The van der Waals surface area contributed by atoms with Gasteiger partial charge >= 0.3 is 0 Å². The fraction of sp³-hybridized carbons (Fsp3) is 0.500. The highest BCUT2D eigenvalue weighted by molar-refractivity contribution is 6.30. The number of methoxy groups -OCH3 is 1. The Balaban J connectivity index is 2.08. The Morgan fingerprint density at radius 3 is 2.73 bits per heavy atom. The molecule has 0 spiro atoms. The summed E-state index contributed by atoms with van der Waals surface area (Å²) in [5, 5.41) is 4.20. The molecule has 1 N–H and O–H groups in total. The van der Waals surface area contributed by atoms with Crippen molar-refractivity contribution >= 4 is 17.3 Å². The summed E-state index contributed by atoms with van der Waals surface area (Å²) < 4.78 is 5.28. The van der Waals surface area contributed by atoms with Gasteiger partial charge in [-0.1, -0.05) is 18.5 Å². The second-order valence-electron chi connectivity index (χ2n) is 4.26. The summed E-state index contributed by atoms with van der Waals surface area (Å²) in [7, 11) is 1.68. The van der Waals surface area contributed by atoms with Crippen molar-refractivity contribution in [3.05, 3.63) is 23.2 Å². The van der Waals surface area contributed by atoms with E-state index in [1.165, 1.54) is 12.8 Å². The van der Waals surface area contributed by atoms with E-state index in [9.17, 15) is 0 Å². The summed E-state index contributed by atoms with van der Waals surface area (Å²) in [6.07, 6.45) is 2.46. The fourth-order valence-electron chi connectivity index (χ4n) is 2.03. The van der Waals surface area contributed by atoms with Gasteiger partial charge in [0, 0.05) is 11.1 Å². The lowest BCUT2D eigenvalue weighted by Crippen LogP contribution is -2.33. The molecule has 82 valence electrons. The third kappa shape index (κ3) is 2.37. The van der Waals surface area contributed by atoms with Gasteiger partial charge in [-0.05, 0) is 37.0 Å². The minimum Gasteiger partial charge on any atom is -0.495 e. The molecule has 2 rings (SSSR count). The molecular weight excluding hydrogens is 210 g/mol. The maximum Gasteiger partial charge on any atom is 0.142 e. The monoisotopic (exact) mass is 225 g/mol. The molecule has 0 saturated heterocycles. The smallest absolute Gasteiger partial charge is 0.142 e. The van der Waals surface area contributed by atoms with Gasteiger partial charge in [0.2, 0.25) is 0 Å². The molecule has 0 amide bonds. The van der Waals surface area contributed by atoms with E-state index >= 15 is 0 Å². The van der Waals surface area contributed by atoms with Crippen molar-refractivity contribution in [2.45, 2.75) is 25.8 Å². The SMILES string of the molecule is COc1ccc(Cl)cc1NC1CC(C)C1. The van der Waals surface area contributed by atoms with Gasteiger partial charge in [-0.25, -0.2) is 0 Å². The topological polar surface area (TPSA) is 21.3 Å². The zero-order chi connectivity index (χ0) is 10.8. The van der Waals surface area contributed by atoms with Crippen LogP contribution in [0.4, 0.5) is 5.69 Å². The zero-order valence-corrected chi connectivity index (χ0v) is 9.84. The van der Waals surface area contributed by atoms with Crippen LogP contribution in [0.3, 0.4) is 0 Å². The molecule has 2 nitrogen and oxygen atoms in total. The Morgan fingerprint density at radius 2 is 2.13 bits per heavy atom. The van der Waals surface area contributed by atoms with E-state index in [4.69, 9.17) is 16.3 Å². The third-order valence-corrected chi connectivity index (χ3v) is 3.13. The first-order valence-electron chi connectivity index (χ1n) is 5.29. The molecule has 1 saturated carbocycles. The summed E-state index contributed by atoms with van der Waals surface area (Å²) >= 11 is 5.95. The molecule has 1 aliphatic rings. The molecule has 1 aromatic rings. The molecule has 1 aliphatic carbocycles. The largest absolute Gasteiger partial charge is 0.495 e. The standard InChI is InChI=1S/C12H16ClNO/c1-8-5-10(6-8)14-11-7-9(13)3-4-12(11)15-2/h3-4,7-8,10,14H,5-6H2,1-2H3. The second kappa shape index (κ2) is 4.31. The van der Waals surface area contributed by atoms with Crippen LogP contribution in [0.5, 0.6) is 5.75 Å². The van der Waals surface area contributed by atoms with Crippen molar-refractivity contribution in [2.75, 3.05) is 12.4 Å². The molecule has 0 heterocycles. The Hall–Kier alpha value is -0.890. The quantitative estimate of drug-likeness (QED) is 0.850. The number of hydrogen-bond donors (Lipinski definition) is 1. The molecule has 0 radical (unpaired) electrons. The minimum atomic E-state index is 0.576. The normalized spacial score (nSPS) is 24.5. The van der Waals surface area contributed by atoms with Gasteiger partial charge in [0.15, 0.2) is 0 Å². The molecule has 0 aliphatic heterocycles. The van der Waals surface area contributed by atoms with E-state index in [0.717, 1.165) is 22.4 Å². The maximum atomic E-state index is 5.95. The van der Waals surface area contributed by atoms with Crippen LogP contribution in [0, 0.1) is 5.92 Å². The number of rotatable bonds is 3. The molecule has 0 bridgehead atoms. The number of benzene rings is 1. The Bertz CT molecular complexity index is 347. The molecule has 1 aromatic carbocycles. The first-order chi connectivity index (χ1) is 7.19. The fourth-order valence-corrected chi connectivity index (χ4v) is 2.21. The zero-order valence-electron chi connectivity index (χ0n) is 9.09. The van der Waals surface area contributed by atoms with Crippen molar-refractivity contribution in [3.63, 3.8) is 0 Å². The third-order valence-electron chi connectivity index (χ3n) is 2.89. The van der Waals surface area contributed by atoms with Crippen molar-refractivity contribution in [1.82, 2.24) is 0 Å². The van der Waals surface area contributed by atoms with Crippen LogP contribution in [0.25, 0.3) is 0 Å². The molecule has 15 heavy (non-hydrogen) atoms.